The van der Waals surface area contributed by atoms with E-state index in [-0.39, 0.29) is 6.29 Å². The quantitative estimate of drug-likeness (QED) is 0.529. The van der Waals surface area contributed by atoms with Crippen molar-refractivity contribution in [2.24, 2.45) is 0 Å². The van der Waals surface area contributed by atoms with E-state index in [9.17, 15) is 0 Å². The van der Waals surface area contributed by atoms with Crippen molar-refractivity contribution in [1.82, 2.24) is 0 Å². The summed E-state index contributed by atoms with van der Waals surface area (Å²) in [4.78, 5) is 0. The molecule has 1 saturated carbocycles. The molecule has 4 nitrogen and oxygen atoms in total. The fraction of sp³-hybridized carbons (Fsp3) is 0.550. The standard InChI is InChI=1S/C20H27NO3/c21-13-12-18(24-19-10-11-19)7-3-5-16-4-1-2-6-17(9-8-16)20-22-14-15-23-20/h4,6,8-9,12-13,19-21H,1-3,5,7,10-11,14-15H2/b9-8-,16-4-,17-6-,18-12+,21-13?. The van der Waals surface area contributed by atoms with Crippen LogP contribution < -0.4 is 0 Å². The maximum absolute atomic E-state index is 7.25. The molecule has 2 fully saturated rings. The van der Waals surface area contributed by atoms with Crippen LogP contribution in [0.4, 0.5) is 0 Å². The summed E-state index contributed by atoms with van der Waals surface area (Å²) in [5.41, 5.74) is 2.50. The van der Waals surface area contributed by atoms with E-state index in [1.165, 1.54) is 11.8 Å². The Morgan fingerprint density at radius 1 is 1.17 bits per heavy atom. The summed E-state index contributed by atoms with van der Waals surface area (Å²) < 4.78 is 17.1. The first-order valence-corrected chi connectivity index (χ1v) is 9.02. The van der Waals surface area contributed by atoms with Gasteiger partial charge >= 0.3 is 0 Å². The van der Waals surface area contributed by atoms with Crippen LogP contribution in [0.2, 0.25) is 0 Å². The van der Waals surface area contributed by atoms with E-state index in [0.717, 1.165) is 56.3 Å². The van der Waals surface area contributed by atoms with Crippen LogP contribution in [0, 0.1) is 5.41 Å². The smallest absolute Gasteiger partial charge is 0.183 e. The van der Waals surface area contributed by atoms with E-state index in [4.69, 9.17) is 19.6 Å². The molecule has 0 unspecified atom stereocenters. The second kappa shape index (κ2) is 9.00. The highest BCUT2D eigenvalue weighted by molar-refractivity contribution is 5.68. The molecule has 1 N–H and O–H groups in total. The molecule has 0 aromatic heterocycles. The lowest BCUT2D eigenvalue weighted by atomic mass is 10.0. The summed E-state index contributed by atoms with van der Waals surface area (Å²) in [7, 11) is 0. The molecular formula is C20H27NO3. The van der Waals surface area contributed by atoms with Crippen molar-refractivity contribution in [2.75, 3.05) is 13.2 Å². The molecule has 0 amide bonds. The predicted octanol–water partition coefficient (Wildman–Crippen LogP) is 4.44. The maximum atomic E-state index is 7.25. The molecule has 0 radical (unpaired) electrons. The molecule has 0 bridgehead atoms. The average molecular weight is 329 g/mol. The highest BCUT2D eigenvalue weighted by Crippen LogP contribution is 2.28. The molecule has 3 rings (SSSR count). The van der Waals surface area contributed by atoms with Gasteiger partial charge in [-0.25, -0.2) is 0 Å². The van der Waals surface area contributed by atoms with Crippen LogP contribution in [0.15, 0.2) is 47.3 Å². The lowest BCUT2D eigenvalue weighted by molar-refractivity contribution is -0.00856. The normalized spacial score (nSPS) is 28.2. The van der Waals surface area contributed by atoms with Crippen molar-refractivity contribution >= 4 is 6.21 Å². The Kier molecular flexibility index (Phi) is 6.44. The summed E-state index contributed by atoms with van der Waals surface area (Å²) in [6.07, 6.45) is 19.5. The zero-order valence-corrected chi connectivity index (χ0v) is 14.2. The van der Waals surface area contributed by atoms with Gasteiger partial charge in [-0.15, -0.1) is 0 Å². The van der Waals surface area contributed by atoms with Crippen LogP contribution in [0.1, 0.15) is 44.9 Å². The minimum Gasteiger partial charge on any atom is -0.495 e. The van der Waals surface area contributed by atoms with Crippen LogP contribution in [0.25, 0.3) is 0 Å². The molecule has 130 valence electrons. The Bertz CT molecular complexity index is 549. The molecule has 1 heterocycles. The molecule has 0 aromatic rings. The fourth-order valence-corrected chi connectivity index (χ4v) is 2.91. The molecule has 3 aliphatic rings. The number of hydrogen-bond donors (Lipinski definition) is 1. The molecule has 1 aliphatic heterocycles. The zero-order chi connectivity index (χ0) is 16.6. The summed E-state index contributed by atoms with van der Waals surface area (Å²) >= 11 is 0. The Balaban J connectivity index is 1.48. The Hall–Kier alpha value is -1.65. The summed E-state index contributed by atoms with van der Waals surface area (Å²) in [6.45, 7) is 1.36. The number of hydrogen-bond acceptors (Lipinski definition) is 4. The summed E-state index contributed by atoms with van der Waals surface area (Å²) in [5, 5.41) is 7.25. The maximum Gasteiger partial charge on any atom is 0.183 e. The minimum atomic E-state index is -0.185. The molecular weight excluding hydrogens is 302 g/mol. The third kappa shape index (κ3) is 5.46. The molecule has 0 atom stereocenters. The first-order chi connectivity index (χ1) is 11.8. The van der Waals surface area contributed by atoms with Crippen LogP contribution in [0.3, 0.4) is 0 Å². The molecule has 24 heavy (non-hydrogen) atoms. The third-order valence-corrected chi connectivity index (χ3v) is 4.34. The van der Waals surface area contributed by atoms with Crippen molar-refractivity contribution in [1.29, 1.82) is 5.41 Å². The van der Waals surface area contributed by atoms with Crippen molar-refractivity contribution in [3.63, 3.8) is 0 Å². The SMILES string of the molecule is N=C/C=C(\CCCC1=C/CC/C=C(C2OCCO2)/C=C\1)OC1CC1. The van der Waals surface area contributed by atoms with Gasteiger partial charge in [0.05, 0.1) is 25.1 Å². The topological polar surface area (TPSA) is 51.5 Å². The van der Waals surface area contributed by atoms with Gasteiger partial charge in [0.25, 0.3) is 0 Å². The van der Waals surface area contributed by atoms with Gasteiger partial charge in [0.2, 0.25) is 0 Å². The molecule has 0 aromatic carbocycles. The fourth-order valence-electron chi connectivity index (χ4n) is 2.91. The summed E-state index contributed by atoms with van der Waals surface area (Å²) in [6, 6.07) is 0. The van der Waals surface area contributed by atoms with Crippen LogP contribution in [0.5, 0.6) is 0 Å². The largest absolute Gasteiger partial charge is 0.495 e. The number of rotatable bonds is 8. The molecule has 2 aliphatic carbocycles. The number of allylic oxidation sites excluding steroid dienone is 6. The van der Waals surface area contributed by atoms with E-state index in [1.54, 1.807) is 6.08 Å². The Morgan fingerprint density at radius 2 is 1.96 bits per heavy atom. The van der Waals surface area contributed by atoms with Gasteiger partial charge in [-0.3, -0.25) is 0 Å². The van der Waals surface area contributed by atoms with Gasteiger partial charge in [0.1, 0.15) is 0 Å². The van der Waals surface area contributed by atoms with Crippen molar-refractivity contribution < 1.29 is 14.2 Å². The second-order valence-corrected chi connectivity index (χ2v) is 6.44. The molecule has 1 saturated heterocycles. The lowest BCUT2D eigenvalue weighted by Gasteiger charge is -2.13. The van der Waals surface area contributed by atoms with E-state index < -0.39 is 0 Å². The molecule has 0 spiro atoms. The van der Waals surface area contributed by atoms with Crippen LogP contribution >= 0.6 is 0 Å². The van der Waals surface area contributed by atoms with Crippen molar-refractivity contribution in [3.05, 3.63) is 47.3 Å². The van der Waals surface area contributed by atoms with E-state index in [2.05, 4.69) is 24.3 Å². The number of nitrogens with one attached hydrogen (secondary N) is 1. The van der Waals surface area contributed by atoms with E-state index in [0.29, 0.717) is 19.3 Å². The van der Waals surface area contributed by atoms with Gasteiger partial charge in [0.15, 0.2) is 6.29 Å². The van der Waals surface area contributed by atoms with Gasteiger partial charge in [-0.05, 0) is 44.6 Å². The summed E-state index contributed by atoms with van der Waals surface area (Å²) in [5.74, 6) is 0.955. The van der Waals surface area contributed by atoms with Gasteiger partial charge in [-0.2, -0.15) is 0 Å². The lowest BCUT2D eigenvalue weighted by Crippen LogP contribution is -2.10. The Labute approximate surface area is 144 Å². The zero-order valence-electron chi connectivity index (χ0n) is 14.2. The third-order valence-electron chi connectivity index (χ3n) is 4.34. The first-order valence-electron chi connectivity index (χ1n) is 9.02. The van der Waals surface area contributed by atoms with Gasteiger partial charge in [0, 0.05) is 18.2 Å². The predicted molar refractivity (Wildman–Crippen MR) is 95.1 cm³/mol. The van der Waals surface area contributed by atoms with Crippen LogP contribution in [-0.4, -0.2) is 31.8 Å². The monoisotopic (exact) mass is 329 g/mol. The molecule has 4 heteroatoms. The van der Waals surface area contributed by atoms with Crippen molar-refractivity contribution in [2.45, 2.75) is 57.3 Å². The highest BCUT2D eigenvalue weighted by Gasteiger charge is 2.24. The highest BCUT2D eigenvalue weighted by atomic mass is 16.7. The minimum absolute atomic E-state index is 0.185. The number of ether oxygens (including phenoxy) is 3. The Morgan fingerprint density at radius 3 is 2.71 bits per heavy atom. The average Bonchev–Trinajstić information content (AvgIpc) is 3.20. The van der Waals surface area contributed by atoms with Crippen molar-refractivity contribution in [3.8, 4) is 0 Å². The van der Waals surface area contributed by atoms with E-state index in [1.807, 2.05) is 0 Å². The van der Waals surface area contributed by atoms with E-state index >= 15 is 0 Å². The van der Waals surface area contributed by atoms with Gasteiger partial charge < -0.3 is 19.6 Å². The first kappa shape index (κ1) is 17.2. The van der Waals surface area contributed by atoms with Gasteiger partial charge in [-0.1, -0.05) is 29.9 Å². The van der Waals surface area contributed by atoms with Crippen LogP contribution in [-0.2, 0) is 14.2 Å². The second-order valence-electron chi connectivity index (χ2n) is 6.44.